The quantitative estimate of drug-likeness (QED) is 0.793. The second kappa shape index (κ2) is 5.60. The minimum Gasteiger partial charge on any atom is -0.309 e. The van der Waals surface area contributed by atoms with Gasteiger partial charge in [-0.05, 0) is 32.9 Å². The topological polar surface area (TPSA) is 30.7 Å². The van der Waals surface area contributed by atoms with Crippen LogP contribution in [0.1, 0.15) is 38.0 Å². The van der Waals surface area contributed by atoms with E-state index < -0.39 is 11.6 Å². The van der Waals surface area contributed by atoms with Gasteiger partial charge in [-0.1, -0.05) is 22.0 Å². The van der Waals surface area contributed by atoms with E-state index in [9.17, 15) is 8.78 Å². The second-order valence-corrected chi connectivity index (χ2v) is 6.11. The van der Waals surface area contributed by atoms with Crippen molar-refractivity contribution < 1.29 is 8.78 Å². The lowest BCUT2D eigenvalue weighted by Crippen LogP contribution is -2.26. The molecule has 0 unspecified atom stereocenters. The van der Waals surface area contributed by atoms with Gasteiger partial charge in [-0.25, -0.2) is 8.78 Å². The SMILES string of the molecule is CC(C)(C)n1c(CBr)nnc1Cc1c(F)cccc1F. The van der Waals surface area contributed by atoms with Gasteiger partial charge < -0.3 is 4.57 Å². The van der Waals surface area contributed by atoms with Crippen LogP contribution in [0.15, 0.2) is 18.2 Å². The largest absolute Gasteiger partial charge is 0.309 e. The van der Waals surface area contributed by atoms with Crippen molar-refractivity contribution in [1.29, 1.82) is 0 Å². The number of benzene rings is 1. The van der Waals surface area contributed by atoms with Crippen LogP contribution in [0.4, 0.5) is 8.78 Å². The molecule has 0 aliphatic rings. The summed E-state index contributed by atoms with van der Waals surface area (Å²) < 4.78 is 29.4. The fourth-order valence-electron chi connectivity index (χ4n) is 2.19. The molecular weight excluding hydrogens is 328 g/mol. The van der Waals surface area contributed by atoms with Crippen LogP contribution >= 0.6 is 15.9 Å². The van der Waals surface area contributed by atoms with E-state index in [1.807, 2.05) is 25.3 Å². The van der Waals surface area contributed by atoms with E-state index in [1.54, 1.807) is 0 Å². The fourth-order valence-corrected chi connectivity index (χ4v) is 2.55. The summed E-state index contributed by atoms with van der Waals surface area (Å²) in [4.78, 5) is 0. The molecule has 0 atom stereocenters. The highest BCUT2D eigenvalue weighted by Crippen LogP contribution is 2.23. The molecule has 2 aromatic rings. The normalized spacial score (nSPS) is 11.9. The van der Waals surface area contributed by atoms with Crippen molar-refractivity contribution >= 4 is 15.9 Å². The van der Waals surface area contributed by atoms with Crippen LogP contribution < -0.4 is 0 Å². The van der Waals surface area contributed by atoms with Crippen LogP contribution in [0.3, 0.4) is 0 Å². The first-order valence-corrected chi connectivity index (χ1v) is 7.39. The molecule has 108 valence electrons. The maximum absolute atomic E-state index is 13.7. The van der Waals surface area contributed by atoms with Gasteiger partial charge in [0, 0.05) is 17.5 Å². The Morgan fingerprint density at radius 2 is 1.65 bits per heavy atom. The van der Waals surface area contributed by atoms with E-state index in [1.165, 1.54) is 18.2 Å². The Labute approximate surface area is 125 Å². The van der Waals surface area contributed by atoms with E-state index in [4.69, 9.17) is 0 Å². The molecular formula is C14H16BrF2N3. The zero-order valence-electron chi connectivity index (χ0n) is 11.6. The average molecular weight is 344 g/mol. The zero-order valence-corrected chi connectivity index (χ0v) is 13.2. The number of nitrogens with zero attached hydrogens (tertiary/aromatic N) is 3. The molecule has 2 rings (SSSR count). The van der Waals surface area contributed by atoms with Crippen LogP contribution in [0, 0.1) is 11.6 Å². The third-order valence-corrected chi connectivity index (χ3v) is 3.49. The number of hydrogen-bond donors (Lipinski definition) is 0. The van der Waals surface area contributed by atoms with Gasteiger partial charge in [-0.3, -0.25) is 0 Å². The van der Waals surface area contributed by atoms with Crippen molar-refractivity contribution in [1.82, 2.24) is 14.8 Å². The molecule has 3 nitrogen and oxygen atoms in total. The highest BCUT2D eigenvalue weighted by atomic mass is 79.9. The molecule has 0 saturated heterocycles. The fraction of sp³-hybridized carbons (Fsp3) is 0.429. The molecule has 0 aliphatic heterocycles. The number of aromatic nitrogens is 3. The molecule has 0 saturated carbocycles. The molecule has 6 heteroatoms. The van der Waals surface area contributed by atoms with Crippen LogP contribution in [0.25, 0.3) is 0 Å². The van der Waals surface area contributed by atoms with Gasteiger partial charge in [-0.2, -0.15) is 0 Å². The first kappa shape index (κ1) is 15.1. The first-order valence-electron chi connectivity index (χ1n) is 6.27. The summed E-state index contributed by atoms with van der Waals surface area (Å²) in [6, 6.07) is 3.86. The number of halogens is 3. The Bertz CT molecular complexity index is 597. The summed E-state index contributed by atoms with van der Waals surface area (Å²) in [5.74, 6) is 0.169. The molecule has 0 fully saturated rings. The number of hydrogen-bond acceptors (Lipinski definition) is 2. The Morgan fingerprint density at radius 1 is 1.10 bits per heavy atom. The summed E-state index contributed by atoms with van der Waals surface area (Å²) in [6.45, 7) is 6.01. The predicted molar refractivity (Wildman–Crippen MR) is 76.8 cm³/mol. The third kappa shape index (κ3) is 2.90. The van der Waals surface area contributed by atoms with Gasteiger partial charge in [0.05, 0.1) is 5.33 Å². The maximum atomic E-state index is 13.7. The summed E-state index contributed by atoms with van der Waals surface area (Å²) in [5, 5.41) is 8.70. The van der Waals surface area contributed by atoms with Crippen molar-refractivity contribution in [3.05, 3.63) is 47.0 Å². The lowest BCUT2D eigenvalue weighted by atomic mass is 10.1. The Hall–Kier alpha value is -1.30. The first-order chi connectivity index (χ1) is 9.34. The maximum Gasteiger partial charge on any atom is 0.144 e. The monoisotopic (exact) mass is 343 g/mol. The van der Waals surface area contributed by atoms with Crippen LogP contribution in [0.2, 0.25) is 0 Å². The molecule has 0 N–H and O–H groups in total. The van der Waals surface area contributed by atoms with Crippen molar-refractivity contribution in [2.24, 2.45) is 0 Å². The zero-order chi connectivity index (χ0) is 14.9. The van der Waals surface area contributed by atoms with Crippen molar-refractivity contribution in [2.45, 2.75) is 38.1 Å². The number of rotatable bonds is 3. The van der Waals surface area contributed by atoms with E-state index in [0.29, 0.717) is 11.2 Å². The Kier molecular flexibility index (Phi) is 4.22. The lowest BCUT2D eigenvalue weighted by Gasteiger charge is -2.24. The van der Waals surface area contributed by atoms with Crippen molar-refractivity contribution in [3.63, 3.8) is 0 Å². The van der Waals surface area contributed by atoms with Gasteiger partial charge in [-0.15, -0.1) is 10.2 Å². The van der Waals surface area contributed by atoms with E-state index >= 15 is 0 Å². The Morgan fingerprint density at radius 3 is 2.15 bits per heavy atom. The summed E-state index contributed by atoms with van der Waals surface area (Å²) >= 11 is 3.36. The molecule has 0 aliphatic carbocycles. The van der Waals surface area contributed by atoms with Crippen molar-refractivity contribution in [3.8, 4) is 0 Å². The minimum absolute atomic E-state index is 0.0199. The second-order valence-electron chi connectivity index (χ2n) is 5.55. The smallest absolute Gasteiger partial charge is 0.144 e. The van der Waals surface area contributed by atoms with E-state index in [2.05, 4.69) is 26.1 Å². The molecule has 0 bridgehead atoms. The summed E-state index contributed by atoms with van der Waals surface area (Å²) in [5.41, 5.74) is -0.240. The van der Waals surface area contributed by atoms with E-state index in [0.717, 1.165) is 5.82 Å². The van der Waals surface area contributed by atoms with Crippen LogP contribution in [-0.4, -0.2) is 14.8 Å². The van der Waals surface area contributed by atoms with Crippen LogP contribution in [-0.2, 0) is 17.3 Å². The minimum atomic E-state index is -0.561. The molecule has 0 radical (unpaired) electrons. The molecule has 1 aromatic heterocycles. The summed E-state index contributed by atoms with van der Waals surface area (Å²) in [7, 11) is 0. The van der Waals surface area contributed by atoms with Crippen LogP contribution in [0.5, 0.6) is 0 Å². The van der Waals surface area contributed by atoms with Gasteiger partial charge >= 0.3 is 0 Å². The Balaban J connectivity index is 2.47. The highest BCUT2D eigenvalue weighted by Gasteiger charge is 2.23. The van der Waals surface area contributed by atoms with Gasteiger partial charge in [0.2, 0.25) is 0 Å². The lowest BCUT2D eigenvalue weighted by molar-refractivity contribution is 0.374. The molecule has 1 aromatic carbocycles. The molecule has 0 spiro atoms. The molecule has 20 heavy (non-hydrogen) atoms. The molecule has 0 amide bonds. The number of alkyl halides is 1. The third-order valence-electron chi connectivity index (χ3n) is 2.98. The average Bonchev–Trinajstić information content (AvgIpc) is 2.76. The van der Waals surface area contributed by atoms with Gasteiger partial charge in [0.25, 0.3) is 0 Å². The predicted octanol–water partition coefficient (Wildman–Crippen LogP) is 3.80. The highest BCUT2D eigenvalue weighted by molar-refractivity contribution is 9.08. The van der Waals surface area contributed by atoms with Gasteiger partial charge in [0.15, 0.2) is 0 Å². The van der Waals surface area contributed by atoms with E-state index in [-0.39, 0.29) is 17.5 Å². The van der Waals surface area contributed by atoms with Crippen molar-refractivity contribution in [2.75, 3.05) is 0 Å². The summed E-state index contributed by atoms with van der Waals surface area (Å²) in [6.07, 6.45) is 0.0791. The molecule has 1 heterocycles. The van der Waals surface area contributed by atoms with Gasteiger partial charge in [0.1, 0.15) is 23.3 Å². The standard InChI is InChI=1S/C14H16BrF2N3/c1-14(2,3)20-12(18-19-13(20)8-15)7-9-10(16)5-4-6-11(9)17/h4-6H,7-8H2,1-3H3.